The van der Waals surface area contributed by atoms with Gasteiger partial charge < -0.3 is 4.90 Å². The standard InChI is InChI=1S/C15H18N2O/c1-13(2)17(12-6-11-16)15(18)10-9-14-7-4-3-5-8-14/h3-5,7-10,13H,6,12H2,1-2H3. The van der Waals surface area contributed by atoms with Gasteiger partial charge >= 0.3 is 0 Å². The summed E-state index contributed by atoms with van der Waals surface area (Å²) < 4.78 is 0. The van der Waals surface area contributed by atoms with Crippen molar-refractivity contribution in [3.63, 3.8) is 0 Å². The molecule has 0 bridgehead atoms. The quantitative estimate of drug-likeness (QED) is 0.745. The van der Waals surface area contributed by atoms with E-state index in [0.717, 1.165) is 5.56 Å². The predicted octanol–water partition coefficient (Wildman–Crippen LogP) is 2.85. The number of carbonyl (C=O) groups excluding carboxylic acids is 1. The Balaban J connectivity index is 2.67. The van der Waals surface area contributed by atoms with Gasteiger partial charge in [-0.25, -0.2) is 0 Å². The first-order valence-corrected chi connectivity index (χ1v) is 6.06. The maximum absolute atomic E-state index is 12.0. The lowest BCUT2D eigenvalue weighted by Crippen LogP contribution is -2.36. The van der Waals surface area contributed by atoms with Gasteiger partial charge in [0.05, 0.1) is 12.5 Å². The van der Waals surface area contributed by atoms with E-state index >= 15 is 0 Å². The topological polar surface area (TPSA) is 44.1 Å². The van der Waals surface area contributed by atoms with Crippen molar-refractivity contribution in [1.29, 1.82) is 5.26 Å². The molecule has 0 aromatic heterocycles. The van der Waals surface area contributed by atoms with Crippen molar-refractivity contribution in [2.24, 2.45) is 0 Å². The monoisotopic (exact) mass is 242 g/mol. The second-order valence-electron chi connectivity index (χ2n) is 4.28. The zero-order chi connectivity index (χ0) is 13.4. The highest BCUT2D eigenvalue weighted by atomic mass is 16.2. The van der Waals surface area contributed by atoms with Crippen molar-refractivity contribution in [3.8, 4) is 6.07 Å². The van der Waals surface area contributed by atoms with Crippen LogP contribution in [0.2, 0.25) is 0 Å². The Bertz CT molecular complexity index is 443. The molecule has 1 rings (SSSR count). The van der Waals surface area contributed by atoms with E-state index in [0.29, 0.717) is 13.0 Å². The molecule has 1 aromatic carbocycles. The predicted molar refractivity (Wildman–Crippen MR) is 72.6 cm³/mol. The fourth-order valence-corrected chi connectivity index (χ4v) is 1.62. The molecule has 0 N–H and O–H groups in total. The maximum atomic E-state index is 12.0. The molecule has 94 valence electrons. The van der Waals surface area contributed by atoms with Gasteiger partial charge in [0.2, 0.25) is 5.91 Å². The second kappa shape index (κ2) is 7.29. The van der Waals surface area contributed by atoms with E-state index in [4.69, 9.17) is 5.26 Å². The molecule has 0 spiro atoms. The lowest BCUT2D eigenvalue weighted by molar-refractivity contribution is -0.127. The van der Waals surface area contributed by atoms with Gasteiger partial charge in [-0.2, -0.15) is 5.26 Å². The van der Waals surface area contributed by atoms with E-state index in [2.05, 4.69) is 6.07 Å². The number of hydrogen-bond donors (Lipinski definition) is 0. The lowest BCUT2D eigenvalue weighted by atomic mass is 10.2. The zero-order valence-corrected chi connectivity index (χ0v) is 10.8. The molecule has 0 aliphatic rings. The van der Waals surface area contributed by atoms with Crippen molar-refractivity contribution < 1.29 is 4.79 Å². The minimum atomic E-state index is -0.0518. The number of hydrogen-bond acceptors (Lipinski definition) is 2. The molecule has 18 heavy (non-hydrogen) atoms. The molecule has 0 radical (unpaired) electrons. The molecule has 3 nitrogen and oxygen atoms in total. The molecule has 0 aliphatic carbocycles. The summed E-state index contributed by atoms with van der Waals surface area (Å²) in [5.74, 6) is -0.0518. The molecule has 3 heteroatoms. The summed E-state index contributed by atoms with van der Waals surface area (Å²) >= 11 is 0. The average molecular weight is 242 g/mol. The molecular weight excluding hydrogens is 224 g/mol. The Kier molecular flexibility index (Phi) is 5.66. The van der Waals surface area contributed by atoms with E-state index < -0.39 is 0 Å². The fourth-order valence-electron chi connectivity index (χ4n) is 1.62. The van der Waals surface area contributed by atoms with Crippen LogP contribution in [0.5, 0.6) is 0 Å². The smallest absolute Gasteiger partial charge is 0.246 e. The summed E-state index contributed by atoms with van der Waals surface area (Å²) in [6.45, 7) is 4.38. The van der Waals surface area contributed by atoms with Crippen LogP contribution in [0, 0.1) is 11.3 Å². The first-order chi connectivity index (χ1) is 8.65. The lowest BCUT2D eigenvalue weighted by Gasteiger charge is -2.24. The summed E-state index contributed by atoms with van der Waals surface area (Å²) in [6.07, 6.45) is 3.72. The van der Waals surface area contributed by atoms with Crippen molar-refractivity contribution in [1.82, 2.24) is 4.90 Å². The largest absolute Gasteiger partial charge is 0.336 e. The number of carbonyl (C=O) groups is 1. The highest BCUT2D eigenvalue weighted by Gasteiger charge is 2.13. The second-order valence-corrected chi connectivity index (χ2v) is 4.28. The van der Waals surface area contributed by atoms with E-state index in [9.17, 15) is 4.79 Å². The fraction of sp³-hybridized carbons (Fsp3) is 0.333. The van der Waals surface area contributed by atoms with E-state index in [1.807, 2.05) is 44.2 Å². The zero-order valence-electron chi connectivity index (χ0n) is 10.8. The van der Waals surface area contributed by atoms with Gasteiger partial charge in [0.25, 0.3) is 0 Å². The van der Waals surface area contributed by atoms with Crippen molar-refractivity contribution in [3.05, 3.63) is 42.0 Å². The molecule has 0 atom stereocenters. The van der Waals surface area contributed by atoms with Crippen LogP contribution in [0.4, 0.5) is 0 Å². The third kappa shape index (κ3) is 4.42. The van der Waals surface area contributed by atoms with Crippen molar-refractivity contribution in [2.75, 3.05) is 6.54 Å². The van der Waals surface area contributed by atoms with Gasteiger partial charge in [0, 0.05) is 18.7 Å². The Labute approximate surface area is 108 Å². The Morgan fingerprint density at radius 1 is 1.39 bits per heavy atom. The Morgan fingerprint density at radius 2 is 2.06 bits per heavy atom. The summed E-state index contributed by atoms with van der Waals surface area (Å²) in [5, 5.41) is 8.58. The molecule has 0 saturated heterocycles. The van der Waals surface area contributed by atoms with Gasteiger partial charge in [-0.1, -0.05) is 30.3 Å². The van der Waals surface area contributed by atoms with Gasteiger partial charge in [0.1, 0.15) is 0 Å². The Morgan fingerprint density at radius 3 is 2.61 bits per heavy atom. The molecule has 0 aliphatic heterocycles. The number of rotatable bonds is 5. The summed E-state index contributed by atoms with van der Waals surface area (Å²) in [4.78, 5) is 13.7. The highest BCUT2D eigenvalue weighted by molar-refractivity contribution is 5.91. The van der Waals surface area contributed by atoms with E-state index in [-0.39, 0.29) is 11.9 Å². The molecule has 0 saturated carbocycles. The molecule has 0 unspecified atom stereocenters. The maximum Gasteiger partial charge on any atom is 0.246 e. The third-order valence-electron chi connectivity index (χ3n) is 2.59. The van der Waals surface area contributed by atoms with Crippen LogP contribution < -0.4 is 0 Å². The minimum absolute atomic E-state index is 0.0518. The van der Waals surface area contributed by atoms with E-state index in [1.54, 1.807) is 17.1 Å². The van der Waals surface area contributed by atoms with E-state index in [1.165, 1.54) is 0 Å². The van der Waals surface area contributed by atoms with Crippen LogP contribution in [-0.2, 0) is 4.79 Å². The van der Waals surface area contributed by atoms with Gasteiger partial charge in [-0.3, -0.25) is 4.79 Å². The van der Waals surface area contributed by atoms with Crippen LogP contribution in [0.15, 0.2) is 36.4 Å². The molecular formula is C15H18N2O. The number of nitriles is 1. The Hall–Kier alpha value is -2.08. The van der Waals surface area contributed by atoms with Crippen LogP contribution in [0.25, 0.3) is 6.08 Å². The molecule has 1 aromatic rings. The minimum Gasteiger partial charge on any atom is -0.336 e. The summed E-state index contributed by atoms with van der Waals surface area (Å²) in [7, 11) is 0. The van der Waals surface area contributed by atoms with Gasteiger partial charge in [-0.05, 0) is 25.5 Å². The summed E-state index contributed by atoms with van der Waals surface area (Å²) in [5.41, 5.74) is 0.995. The molecule has 0 heterocycles. The van der Waals surface area contributed by atoms with Crippen LogP contribution >= 0.6 is 0 Å². The van der Waals surface area contributed by atoms with Crippen LogP contribution in [-0.4, -0.2) is 23.4 Å². The first kappa shape index (κ1) is 14.0. The average Bonchev–Trinajstić information content (AvgIpc) is 2.37. The number of amides is 1. The highest BCUT2D eigenvalue weighted by Crippen LogP contribution is 2.05. The SMILES string of the molecule is CC(C)N(CCC#N)C(=O)C=Cc1ccccc1. The van der Waals surface area contributed by atoms with Crippen LogP contribution in [0.1, 0.15) is 25.8 Å². The number of benzene rings is 1. The summed E-state index contributed by atoms with van der Waals surface area (Å²) in [6, 6.07) is 11.9. The van der Waals surface area contributed by atoms with Crippen molar-refractivity contribution >= 4 is 12.0 Å². The first-order valence-electron chi connectivity index (χ1n) is 6.06. The molecule has 0 fully saturated rings. The third-order valence-corrected chi connectivity index (χ3v) is 2.59. The normalized spacial score (nSPS) is 10.6. The van der Waals surface area contributed by atoms with Crippen LogP contribution in [0.3, 0.4) is 0 Å². The van der Waals surface area contributed by atoms with Gasteiger partial charge in [-0.15, -0.1) is 0 Å². The van der Waals surface area contributed by atoms with Crippen molar-refractivity contribution in [2.45, 2.75) is 26.3 Å². The molecule has 1 amide bonds. The number of nitrogens with zero attached hydrogens (tertiary/aromatic N) is 2. The van der Waals surface area contributed by atoms with Gasteiger partial charge in [0.15, 0.2) is 0 Å².